The molecule has 0 bridgehead atoms. The van der Waals surface area contributed by atoms with Crippen molar-refractivity contribution in [1.82, 2.24) is 4.90 Å². The van der Waals surface area contributed by atoms with Crippen molar-refractivity contribution in [1.29, 1.82) is 0 Å². The third-order valence-corrected chi connectivity index (χ3v) is 4.92. The number of rotatable bonds is 6. The first kappa shape index (κ1) is 13.1. The SMILES string of the molecule is CN(CCc1cccs1)CC1CCCC1CN. The Morgan fingerprint density at radius 2 is 2.24 bits per heavy atom. The normalized spacial score (nSPS) is 24.6. The first-order valence-electron chi connectivity index (χ1n) is 6.70. The Bertz CT molecular complexity index is 310. The van der Waals surface area contributed by atoms with Gasteiger partial charge in [-0.2, -0.15) is 0 Å². The van der Waals surface area contributed by atoms with E-state index in [2.05, 4.69) is 29.5 Å². The van der Waals surface area contributed by atoms with Crippen molar-refractivity contribution in [2.75, 3.05) is 26.7 Å². The number of hydrogen-bond acceptors (Lipinski definition) is 3. The van der Waals surface area contributed by atoms with E-state index < -0.39 is 0 Å². The zero-order valence-corrected chi connectivity index (χ0v) is 11.6. The van der Waals surface area contributed by atoms with Crippen LogP contribution in [0.15, 0.2) is 17.5 Å². The fourth-order valence-corrected chi connectivity index (χ4v) is 3.61. The smallest absolute Gasteiger partial charge is 0.00579 e. The number of hydrogen-bond donors (Lipinski definition) is 1. The highest BCUT2D eigenvalue weighted by atomic mass is 32.1. The van der Waals surface area contributed by atoms with Crippen LogP contribution in [0.2, 0.25) is 0 Å². The number of thiophene rings is 1. The molecule has 1 aromatic rings. The molecule has 1 saturated carbocycles. The Morgan fingerprint density at radius 1 is 1.41 bits per heavy atom. The fourth-order valence-electron chi connectivity index (χ4n) is 2.91. The summed E-state index contributed by atoms with van der Waals surface area (Å²) in [5.74, 6) is 1.62. The zero-order valence-electron chi connectivity index (χ0n) is 10.8. The maximum atomic E-state index is 5.83. The summed E-state index contributed by atoms with van der Waals surface area (Å²) >= 11 is 1.87. The topological polar surface area (TPSA) is 29.3 Å². The van der Waals surface area contributed by atoms with Crippen LogP contribution in [-0.2, 0) is 6.42 Å². The van der Waals surface area contributed by atoms with Gasteiger partial charge in [0.05, 0.1) is 0 Å². The summed E-state index contributed by atoms with van der Waals surface area (Å²) in [5.41, 5.74) is 5.83. The molecule has 1 aliphatic rings. The molecule has 17 heavy (non-hydrogen) atoms. The van der Waals surface area contributed by atoms with Crippen LogP contribution < -0.4 is 5.73 Å². The van der Waals surface area contributed by atoms with Gasteiger partial charge in [0.15, 0.2) is 0 Å². The molecule has 1 aromatic heterocycles. The molecule has 1 aliphatic carbocycles. The van der Waals surface area contributed by atoms with E-state index in [1.165, 1.54) is 43.6 Å². The van der Waals surface area contributed by atoms with Crippen LogP contribution >= 0.6 is 11.3 Å². The molecule has 0 spiro atoms. The van der Waals surface area contributed by atoms with Crippen molar-refractivity contribution >= 4 is 11.3 Å². The second kappa shape index (κ2) is 6.53. The molecule has 0 amide bonds. The highest BCUT2D eigenvalue weighted by molar-refractivity contribution is 7.09. The predicted octanol–water partition coefficient (Wildman–Crippen LogP) is 2.60. The second-order valence-corrected chi connectivity index (χ2v) is 6.31. The van der Waals surface area contributed by atoms with Crippen LogP contribution in [0.3, 0.4) is 0 Å². The first-order valence-corrected chi connectivity index (χ1v) is 7.58. The van der Waals surface area contributed by atoms with E-state index in [4.69, 9.17) is 5.73 Å². The monoisotopic (exact) mass is 252 g/mol. The lowest BCUT2D eigenvalue weighted by atomic mass is 9.96. The van der Waals surface area contributed by atoms with E-state index in [1.807, 2.05) is 11.3 Å². The third kappa shape index (κ3) is 3.80. The van der Waals surface area contributed by atoms with E-state index in [0.29, 0.717) is 0 Å². The summed E-state index contributed by atoms with van der Waals surface area (Å²) in [7, 11) is 2.25. The molecular formula is C14H24N2S. The van der Waals surface area contributed by atoms with Crippen molar-refractivity contribution in [2.24, 2.45) is 17.6 Å². The zero-order chi connectivity index (χ0) is 12.1. The lowest BCUT2D eigenvalue weighted by Crippen LogP contribution is -2.31. The molecule has 0 aromatic carbocycles. The van der Waals surface area contributed by atoms with Crippen LogP contribution in [0.1, 0.15) is 24.1 Å². The van der Waals surface area contributed by atoms with E-state index in [1.54, 1.807) is 0 Å². The molecule has 2 unspecified atom stereocenters. The number of nitrogens with zero attached hydrogens (tertiary/aromatic N) is 1. The summed E-state index contributed by atoms with van der Waals surface area (Å²) in [4.78, 5) is 3.98. The van der Waals surface area contributed by atoms with Crippen LogP contribution in [-0.4, -0.2) is 31.6 Å². The highest BCUT2D eigenvalue weighted by Gasteiger charge is 2.26. The van der Waals surface area contributed by atoms with Crippen LogP contribution in [0, 0.1) is 11.8 Å². The predicted molar refractivity (Wildman–Crippen MR) is 75.4 cm³/mol. The molecule has 2 rings (SSSR count). The van der Waals surface area contributed by atoms with Crippen LogP contribution in [0.4, 0.5) is 0 Å². The Balaban J connectivity index is 1.71. The molecule has 1 fully saturated rings. The van der Waals surface area contributed by atoms with Crippen LogP contribution in [0.25, 0.3) is 0 Å². The summed E-state index contributed by atoms with van der Waals surface area (Å²) in [6.45, 7) is 3.28. The lowest BCUT2D eigenvalue weighted by Gasteiger charge is -2.24. The Morgan fingerprint density at radius 3 is 2.94 bits per heavy atom. The molecule has 2 atom stereocenters. The van der Waals surface area contributed by atoms with Gasteiger partial charge in [-0.15, -0.1) is 11.3 Å². The van der Waals surface area contributed by atoms with Gasteiger partial charge in [0.25, 0.3) is 0 Å². The van der Waals surface area contributed by atoms with E-state index in [0.717, 1.165) is 18.4 Å². The minimum atomic E-state index is 0.777. The van der Waals surface area contributed by atoms with E-state index in [-0.39, 0.29) is 0 Å². The average molecular weight is 252 g/mol. The highest BCUT2D eigenvalue weighted by Crippen LogP contribution is 2.31. The number of nitrogens with two attached hydrogens (primary N) is 1. The maximum Gasteiger partial charge on any atom is 0.00579 e. The molecule has 3 heteroatoms. The second-order valence-electron chi connectivity index (χ2n) is 5.28. The van der Waals surface area contributed by atoms with Crippen molar-refractivity contribution in [3.8, 4) is 0 Å². The van der Waals surface area contributed by atoms with Gasteiger partial charge in [0.2, 0.25) is 0 Å². The van der Waals surface area contributed by atoms with Crippen molar-refractivity contribution < 1.29 is 0 Å². The molecule has 2 nitrogen and oxygen atoms in total. The first-order chi connectivity index (χ1) is 8.29. The summed E-state index contributed by atoms with van der Waals surface area (Å²) in [6.07, 6.45) is 5.30. The van der Waals surface area contributed by atoms with Gasteiger partial charge in [-0.1, -0.05) is 12.5 Å². The Labute approximate surface area is 109 Å². The van der Waals surface area contributed by atoms with Gasteiger partial charge in [0.1, 0.15) is 0 Å². The number of likely N-dealkylation sites (N-methyl/N-ethyl adjacent to an activating group) is 1. The summed E-state index contributed by atoms with van der Waals surface area (Å²) in [5, 5.41) is 2.16. The molecule has 0 aliphatic heterocycles. The minimum Gasteiger partial charge on any atom is -0.330 e. The standard InChI is InChI=1S/C14H24N2S/c1-16(8-7-14-6-3-9-17-14)11-13-5-2-4-12(13)10-15/h3,6,9,12-13H,2,4-5,7-8,10-11,15H2,1H3. The molecule has 0 radical (unpaired) electrons. The summed E-state index contributed by atoms with van der Waals surface area (Å²) < 4.78 is 0. The van der Waals surface area contributed by atoms with Gasteiger partial charge in [-0.05, 0) is 56.1 Å². The lowest BCUT2D eigenvalue weighted by molar-refractivity contribution is 0.245. The van der Waals surface area contributed by atoms with E-state index >= 15 is 0 Å². The fraction of sp³-hybridized carbons (Fsp3) is 0.714. The van der Waals surface area contributed by atoms with Gasteiger partial charge in [-0.25, -0.2) is 0 Å². The average Bonchev–Trinajstić information content (AvgIpc) is 2.97. The van der Waals surface area contributed by atoms with Crippen molar-refractivity contribution in [2.45, 2.75) is 25.7 Å². The Kier molecular flexibility index (Phi) is 5.01. The van der Waals surface area contributed by atoms with Gasteiger partial charge in [0, 0.05) is 18.0 Å². The maximum absolute atomic E-state index is 5.83. The minimum absolute atomic E-state index is 0.777. The van der Waals surface area contributed by atoms with Gasteiger partial charge >= 0.3 is 0 Å². The molecular weight excluding hydrogens is 228 g/mol. The van der Waals surface area contributed by atoms with Crippen molar-refractivity contribution in [3.63, 3.8) is 0 Å². The third-order valence-electron chi connectivity index (χ3n) is 3.99. The molecule has 1 heterocycles. The van der Waals surface area contributed by atoms with Gasteiger partial charge in [-0.3, -0.25) is 0 Å². The van der Waals surface area contributed by atoms with Crippen molar-refractivity contribution in [3.05, 3.63) is 22.4 Å². The molecule has 96 valence electrons. The molecule has 0 saturated heterocycles. The largest absolute Gasteiger partial charge is 0.330 e. The van der Waals surface area contributed by atoms with E-state index in [9.17, 15) is 0 Å². The summed E-state index contributed by atoms with van der Waals surface area (Å²) in [6, 6.07) is 4.37. The Hall–Kier alpha value is -0.380. The molecule has 2 N–H and O–H groups in total. The van der Waals surface area contributed by atoms with Crippen LogP contribution in [0.5, 0.6) is 0 Å². The quantitative estimate of drug-likeness (QED) is 0.843. The van der Waals surface area contributed by atoms with Gasteiger partial charge < -0.3 is 10.6 Å².